The fourth-order valence-electron chi connectivity index (χ4n) is 16.3. The van der Waals surface area contributed by atoms with Crippen LogP contribution in [-0.4, -0.2) is 124 Å². The van der Waals surface area contributed by atoms with Crippen molar-refractivity contribution in [3.8, 4) is 11.5 Å². The lowest BCUT2D eigenvalue weighted by Crippen LogP contribution is -2.82. The van der Waals surface area contributed by atoms with Gasteiger partial charge >= 0.3 is 30.0 Å². The molecule has 3 saturated heterocycles. The van der Waals surface area contributed by atoms with Crippen molar-refractivity contribution >= 4 is 38.3 Å². The van der Waals surface area contributed by atoms with E-state index in [4.69, 9.17) is 51.8 Å². The molecular weight excluding hydrogens is 1040 g/mol. The first-order chi connectivity index (χ1) is 37.4. The molecule has 1 unspecified atom stereocenters. The molecule has 1 amide bonds. The third-order valence-corrected chi connectivity index (χ3v) is 25.2. The highest BCUT2D eigenvalue weighted by atomic mass is 28.4. The Hall–Kier alpha value is -5.53. The first kappa shape index (κ1) is 57.7. The van der Waals surface area contributed by atoms with E-state index in [0.717, 1.165) is 0 Å². The van der Waals surface area contributed by atoms with Crippen LogP contribution in [0.3, 0.4) is 0 Å². The zero-order valence-electron chi connectivity index (χ0n) is 49.4. The molecule has 4 aliphatic carbocycles. The van der Waals surface area contributed by atoms with Crippen LogP contribution < -0.4 is 9.47 Å². The summed E-state index contributed by atoms with van der Waals surface area (Å²) in [7, 11) is 0.224. The second-order valence-corrected chi connectivity index (χ2v) is 31.0. The predicted molar refractivity (Wildman–Crippen MR) is 294 cm³/mol. The van der Waals surface area contributed by atoms with Crippen LogP contribution in [0.4, 0.5) is 4.79 Å². The molecule has 7 aliphatic rings. The highest BCUT2D eigenvalue weighted by Crippen LogP contribution is 2.89. The molecule has 1 spiro atoms. The van der Waals surface area contributed by atoms with Crippen LogP contribution in [0.5, 0.6) is 11.5 Å². The average Bonchev–Trinajstić information content (AvgIpc) is 3.79. The van der Waals surface area contributed by atoms with Gasteiger partial charge in [-0.2, -0.15) is 0 Å². The summed E-state index contributed by atoms with van der Waals surface area (Å²) in [5, 5.41) is -0.273. The van der Waals surface area contributed by atoms with Gasteiger partial charge in [-0.1, -0.05) is 104 Å². The number of fused-ring (bicyclic) bond motifs is 4. The van der Waals surface area contributed by atoms with E-state index < -0.39 is 144 Å². The van der Waals surface area contributed by atoms with Gasteiger partial charge in [-0.3, -0.25) is 14.5 Å². The molecule has 17 nitrogen and oxygen atoms in total. The van der Waals surface area contributed by atoms with Gasteiger partial charge in [0, 0.05) is 49.1 Å². The van der Waals surface area contributed by atoms with Gasteiger partial charge in [-0.25, -0.2) is 14.4 Å². The molecule has 3 aromatic carbocycles. The minimum Gasteiger partial charge on any atom is -0.497 e. The summed E-state index contributed by atoms with van der Waals surface area (Å²) in [6.45, 7) is 29.5. The van der Waals surface area contributed by atoms with Crippen molar-refractivity contribution in [1.29, 1.82) is 0 Å². The van der Waals surface area contributed by atoms with Crippen LogP contribution in [0, 0.1) is 39.9 Å². The normalized spacial score (nSPS) is 36.2. The third kappa shape index (κ3) is 7.97. The number of amides is 1. The molecule has 18 heteroatoms. The fraction of sp³-hybridized carbons (Fsp3) is 0.629. The molecule has 4 saturated carbocycles. The van der Waals surface area contributed by atoms with E-state index in [2.05, 4.69) is 61.6 Å². The zero-order valence-corrected chi connectivity index (χ0v) is 50.4. The summed E-state index contributed by atoms with van der Waals surface area (Å²) in [6, 6.07) is 21.8. The molecule has 80 heavy (non-hydrogen) atoms. The van der Waals surface area contributed by atoms with E-state index in [1.165, 1.54) is 33.0 Å². The zero-order chi connectivity index (χ0) is 58.2. The maximum absolute atomic E-state index is 15.9. The molecule has 7 fully saturated rings. The lowest BCUT2D eigenvalue weighted by molar-refractivity contribution is -0.407. The Morgan fingerprint density at radius 1 is 0.812 bits per heavy atom. The largest absolute Gasteiger partial charge is 0.497 e. The number of nitrogens with zero attached hydrogens (tertiary/aromatic N) is 1. The van der Waals surface area contributed by atoms with Crippen molar-refractivity contribution in [2.75, 3.05) is 20.8 Å². The topological polar surface area (TPSA) is 190 Å². The van der Waals surface area contributed by atoms with Gasteiger partial charge < -0.3 is 51.8 Å². The lowest BCUT2D eigenvalue weighted by atomic mass is 9.46. The smallest absolute Gasteiger partial charge is 0.413 e. The standard InChI is InChI=1S/C62H81NO16Si/c1-33(2)58(11,12)80(16,17)79-42-31-43-60(32-71-43,76-36(5)65)48-51(75-53(66)38-26-22-19-23-27-38)61-50-46(34(3)44(57(61,9)10)49(72-35(4)64)62(61,77-50)59(42,48)13)74-54(67)47-45(37-24-20-18-21-25-37)63(55(68)78-56(6,7)8)52(73-47)40-29-28-39(69-14)30-41(40)70-15/h18-30,33-34,42-52H,31-32H2,1-17H3/t34-,42+,43-,44-,45+,46-,47-,48+,49-,50-,51+,52?,59-,60+,61+,62-/m1/s1. The van der Waals surface area contributed by atoms with Gasteiger partial charge in [0.25, 0.3) is 0 Å². The van der Waals surface area contributed by atoms with Gasteiger partial charge in [-0.15, -0.1) is 0 Å². The summed E-state index contributed by atoms with van der Waals surface area (Å²) in [4.78, 5) is 75.0. The Labute approximate surface area is 471 Å². The van der Waals surface area contributed by atoms with Gasteiger partial charge in [0.1, 0.15) is 59.3 Å². The summed E-state index contributed by atoms with van der Waals surface area (Å²) < 4.78 is 74.2. The van der Waals surface area contributed by atoms with E-state index >= 15 is 9.59 Å². The molecule has 16 atom stereocenters. The van der Waals surface area contributed by atoms with E-state index in [1.807, 2.05) is 43.3 Å². The van der Waals surface area contributed by atoms with Crippen LogP contribution in [-0.2, 0) is 56.7 Å². The van der Waals surface area contributed by atoms with Crippen molar-refractivity contribution in [3.63, 3.8) is 0 Å². The molecule has 10 rings (SSSR count). The Kier molecular flexibility index (Phi) is 14.1. The molecule has 0 radical (unpaired) electrons. The molecule has 3 aliphatic heterocycles. The molecule has 0 N–H and O–H groups in total. The van der Waals surface area contributed by atoms with Crippen molar-refractivity contribution in [2.24, 2.45) is 39.9 Å². The van der Waals surface area contributed by atoms with Gasteiger partial charge in [0.05, 0.1) is 43.8 Å². The quantitative estimate of drug-likeness (QED) is 0.0841. The summed E-state index contributed by atoms with van der Waals surface area (Å²) >= 11 is 0. The highest BCUT2D eigenvalue weighted by molar-refractivity contribution is 6.74. The van der Waals surface area contributed by atoms with E-state index in [-0.39, 0.29) is 24.0 Å². The third-order valence-electron chi connectivity index (χ3n) is 20.6. The summed E-state index contributed by atoms with van der Waals surface area (Å²) in [6.07, 6.45) is -8.88. The van der Waals surface area contributed by atoms with Crippen molar-refractivity contribution < 1.29 is 75.8 Å². The number of hydrogen-bond donors (Lipinski definition) is 0. The molecule has 0 aromatic heterocycles. The maximum Gasteiger partial charge on any atom is 0.413 e. The van der Waals surface area contributed by atoms with Gasteiger partial charge in [0.2, 0.25) is 0 Å². The molecule has 2 bridgehead atoms. The monoisotopic (exact) mass is 1120 g/mol. The number of carbonyl (C=O) groups is 5. The Bertz CT molecular complexity index is 2930. The van der Waals surface area contributed by atoms with Crippen LogP contribution in [0.25, 0.3) is 0 Å². The molecule has 3 heterocycles. The SMILES string of the molecule is COc1ccc(C2O[C@@H](C(=O)O[C@@H]3[C@H](C)[C@@H]4[C@@H](OC(C)=O)[C@]56O[C@H]3[C@]5([C@@H](OC(=O)c3ccccc3)[C@@H]3[C@]5(OC(C)=O)CO[C@@H]5C[C@H](O[Si](C)(C)C(C)(C)C(C)C)[C@]36C)C4(C)C)[C@H](c3ccccc3)N2C(=O)OC(C)(C)C)c(OC)c1. The number of benzene rings is 3. The number of ether oxygens (including phenoxy) is 10. The van der Waals surface area contributed by atoms with Gasteiger partial charge in [0.15, 0.2) is 26.3 Å². The number of hydrogen-bond acceptors (Lipinski definition) is 16. The Balaban J connectivity index is 1.16. The number of carbonyl (C=O) groups excluding carboxylic acids is 5. The Morgan fingerprint density at radius 3 is 2.02 bits per heavy atom. The van der Waals surface area contributed by atoms with Crippen LogP contribution >= 0.6 is 0 Å². The molecular formula is C62H81NO16Si. The fourth-order valence-corrected chi connectivity index (χ4v) is 19.0. The van der Waals surface area contributed by atoms with E-state index in [0.29, 0.717) is 28.2 Å². The lowest BCUT2D eigenvalue weighted by Gasteiger charge is -2.70. The molecule has 3 aromatic rings. The minimum atomic E-state index is -2.80. The predicted octanol–water partition coefficient (Wildman–Crippen LogP) is 10.3. The maximum atomic E-state index is 15.9. The van der Waals surface area contributed by atoms with Crippen LogP contribution in [0.1, 0.15) is 130 Å². The van der Waals surface area contributed by atoms with Crippen LogP contribution in [0.15, 0.2) is 78.9 Å². The minimum absolute atomic E-state index is 0.0101. The average molecular weight is 1120 g/mol. The van der Waals surface area contributed by atoms with E-state index in [9.17, 15) is 14.4 Å². The summed E-state index contributed by atoms with van der Waals surface area (Å²) in [5.74, 6) is -3.58. The second kappa shape index (κ2) is 19.6. The Morgan fingerprint density at radius 2 is 1.46 bits per heavy atom. The first-order valence-electron chi connectivity index (χ1n) is 28.2. The highest BCUT2D eigenvalue weighted by Gasteiger charge is 3.02. The van der Waals surface area contributed by atoms with Gasteiger partial charge in [-0.05, 0) is 80.1 Å². The van der Waals surface area contributed by atoms with E-state index in [1.54, 1.807) is 63.2 Å². The van der Waals surface area contributed by atoms with Crippen molar-refractivity contribution in [3.05, 3.63) is 95.6 Å². The van der Waals surface area contributed by atoms with Crippen LogP contribution in [0.2, 0.25) is 18.1 Å². The molecule has 434 valence electrons. The van der Waals surface area contributed by atoms with Crippen molar-refractivity contribution in [1.82, 2.24) is 4.90 Å². The number of esters is 4. The summed E-state index contributed by atoms with van der Waals surface area (Å²) in [5.41, 5.74) is -6.11. The number of rotatable bonds is 14. The number of methoxy groups -OCH3 is 2. The first-order valence-corrected chi connectivity index (χ1v) is 31.1. The second-order valence-electron chi connectivity index (χ2n) is 26.5. The van der Waals surface area contributed by atoms with Crippen molar-refractivity contribution in [2.45, 2.75) is 186 Å².